The SMILES string of the molecule is Cc1ccc(Sc2nc3ccccc3cc2C=C2SC(=O)NC2=O)cc1. The molecule has 4 rings (SSSR count). The van der Waals surface area contributed by atoms with Gasteiger partial charge in [-0.25, -0.2) is 4.98 Å². The van der Waals surface area contributed by atoms with Crippen LogP contribution in [0.1, 0.15) is 11.1 Å². The summed E-state index contributed by atoms with van der Waals surface area (Å²) in [6.07, 6.45) is 1.74. The fraction of sp³-hybridized carbons (Fsp3) is 0.0500. The highest BCUT2D eigenvalue weighted by Gasteiger charge is 2.25. The van der Waals surface area contributed by atoms with Crippen LogP contribution in [-0.2, 0) is 4.79 Å². The highest BCUT2D eigenvalue weighted by atomic mass is 32.2. The predicted octanol–water partition coefficient (Wildman–Crippen LogP) is 5.02. The summed E-state index contributed by atoms with van der Waals surface area (Å²) in [6.45, 7) is 2.05. The van der Waals surface area contributed by atoms with Crippen LogP contribution in [0.25, 0.3) is 17.0 Å². The fourth-order valence-electron chi connectivity index (χ4n) is 2.58. The number of amides is 2. The van der Waals surface area contributed by atoms with Gasteiger partial charge in [0.25, 0.3) is 11.1 Å². The molecular formula is C20H14N2O2S2. The largest absolute Gasteiger partial charge is 0.290 e. The first-order valence-electron chi connectivity index (χ1n) is 7.98. The van der Waals surface area contributed by atoms with Gasteiger partial charge in [0.2, 0.25) is 0 Å². The molecule has 2 heterocycles. The lowest BCUT2D eigenvalue weighted by atomic mass is 10.1. The number of aromatic nitrogens is 1. The summed E-state index contributed by atoms with van der Waals surface area (Å²) in [7, 11) is 0. The molecule has 128 valence electrons. The van der Waals surface area contributed by atoms with Gasteiger partial charge in [-0.3, -0.25) is 14.9 Å². The molecule has 4 nitrogen and oxygen atoms in total. The minimum Gasteiger partial charge on any atom is -0.282 e. The Balaban J connectivity index is 1.81. The molecule has 1 aromatic heterocycles. The highest BCUT2D eigenvalue weighted by Crippen LogP contribution is 2.34. The maximum Gasteiger partial charge on any atom is 0.290 e. The first-order chi connectivity index (χ1) is 12.6. The topological polar surface area (TPSA) is 59.1 Å². The van der Waals surface area contributed by atoms with Crippen LogP contribution in [0.15, 0.2) is 69.4 Å². The number of carbonyl (C=O) groups excluding carboxylic acids is 2. The summed E-state index contributed by atoms with van der Waals surface area (Å²) >= 11 is 2.46. The van der Waals surface area contributed by atoms with E-state index in [0.717, 1.165) is 38.1 Å². The van der Waals surface area contributed by atoms with Gasteiger partial charge in [-0.05, 0) is 49.0 Å². The van der Waals surface area contributed by atoms with Crippen molar-refractivity contribution in [1.29, 1.82) is 0 Å². The molecule has 1 aliphatic heterocycles. The first-order valence-corrected chi connectivity index (χ1v) is 9.61. The first kappa shape index (κ1) is 16.9. The Bertz CT molecular complexity index is 1060. The van der Waals surface area contributed by atoms with E-state index in [0.29, 0.717) is 4.91 Å². The number of imide groups is 1. The Hall–Kier alpha value is -2.57. The number of thioether (sulfide) groups is 1. The molecule has 1 N–H and O–H groups in total. The van der Waals surface area contributed by atoms with Crippen LogP contribution in [0, 0.1) is 6.92 Å². The van der Waals surface area contributed by atoms with Crippen LogP contribution >= 0.6 is 23.5 Å². The third-order valence-corrected chi connectivity index (χ3v) is 5.72. The number of pyridine rings is 1. The third kappa shape index (κ3) is 3.52. The van der Waals surface area contributed by atoms with E-state index in [1.165, 1.54) is 5.56 Å². The minimum atomic E-state index is -0.362. The molecule has 6 heteroatoms. The molecule has 0 radical (unpaired) electrons. The fourth-order valence-corrected chi connectivity index (χ4v) is 4.13. The van der Waals surface area contributed by atoms with E-state index in [2.05, 4.69) is 17.4 Å². The molecule has 26 heavy (non-hydrogen) atoms. The molecule has 0 aliphatic carbocycles. The maximum absolute atomic E-state index is 11.9. The summed E-state index contributed by atoms with van der Waals surface area (Å²) in [4.78, 5) is 29.6. The standard InChI is InChI=1S/C20H14N2O2S2/c1-12-6-8-15(9-7-12)25-19-14(11-17-18(23)22-20(24)26-17)10-13-4-2-3-5-16(13)21-19/h2-11H,1H3,(H,22,23,24). The van der Waals surface area contributed by atoms with Gasteiger partial charge in [-0.15, -0.1) is 0 Å². The van der Waals surface area contributed by atoms with Crippen molar-refractivity contribution < 1.29 is 9.59 Å². The molecular weight excluding hydrogens is 364 g/mol. The predicted molar refractivity (Wildman–Crippen MR) is 106 cm³/mol. The second-order valence-corrected chi connectivity index (χ2v) is 7.92. The smallest absolute Gasteiger partial charge is 0.282 e. The number of para-hydroxylation sites is 1. The maximum atomic E-state index is 11.9. The van der Waals surface area contributed by atoms with Crippen molar-refractivity contribution in [2.75, 3.05) is 0 Å². The van der Waals surface area contributed by atoms with Crippen LogP contribution in [0.3, 0.4) is 0 Å². The van der Waals surface area contributed by atoms with Crippen LogP contribution in [0.4, 0.5) is 4.79 Å². The van der Waals surface area contributed by atoms with Gasteiger partial charge in [0, 0.05) is 15.8 Å². The van der Waals surface area contributed by atoms with E-state index in [9.17, 15) is 9.59 Å². The Morgan fingerprint density at radius 3 is 2.58 bits per heavy atom. The lowest BCUT2D eigenvalue weighted by Gasteiger charge is -2.08. The zero-order valence-electron chi connectivity index (χ0n) is 13.9. The van der Waals surface area contributed by atoms with Crippen molar-refractivity contribution in [3.63, 3.8) is 0 Å². The van der Waals surface area contributed by atoms with E-state index in [1.807, 2.05) is 49.4 Å². The molecule has 1 fully saturated rings. The van der Waals surface area contributed by atoms with E-state index < -0.39 is 0 Å². The molecule has 0 atom stereocenters. The number of hydrogen-bond acceptors (Lipinski definition) is 5. The molecule has 1 aliphatic rings. The zero-order valence-corrected chi connectivity index (χ0v) is 15.5. The van der Waals surface area contributed by atoms with Gasteiger partial charge in [0.1, 0.15) is 5.03 Å². The number of rotatable bonds is 3. The van der Waals surface area contributed by atoms with E-state index >= 15 is 0 Å². The lowest BCUT2D eigenvalue weighted by Crippen LogP contribution is -2.17. The van der Waals surface area contributed by atoms with Crippen molar-refractivity contribution in [3.8, 4) is 0 Å². The van der Waals surface area contributed by atoms with Crippen LogP contribution < -0.4 is 5.32 Å². The molecule has 3 aromatic rings. The summed E-state index contributed by atoms with van der Waals surface area (Å²) in [5.74, 6) is -0.362. The summed E-state index contributed by atoms with van der Waals surface area (Å²) in [5.41, 5.74) is 2.91. The average Bonchev–Trinajstić information content (AvgIpc) is 2.94. The van der Waals surface area contributed by atoms with Crippen molar-refractivity contribution in [1.82, 2.24) is 10.3 Å². The summed E-state index contributed by atoms with van der Waals surface area (Å²) in [6, 6.07) is 18.1. The lowest BCUT2D eigenvalue weighted by molar-refractivity contribution is -0.115. The molecule has 0 unspecified atom stereocenters. The number of nitrogens with one attached hydrogen (secondary N) is 1. The van der Waals surface area contributed by atoms with Gasteiger partial charge in [-0.1, -0.05) is 47.7 Å². The normalized spacial score (nSPS) is 15.7. The van der Waals surface area contributed by atoms with E-state index in [-0.39, 0.29) is 11.1 Å². The average molecular weight is 378 g/mol. The van der Waals surface area contributed by atoms with Crippen molar-refractivity contribution in [2.45, 2.75) is 16.8 Å². The van der Waals surface area contributed by atoms with E-state index in [4.69, 9.17) is 4.98 Å². The Kier molecular flexibility index (Phi) is 4.53. The van der Waals surface area contributed by atoms with Crippen molar-refractivity contribution in [2.24, 2.45) is 0 Å². The van der Waals surface area contributed by atoms with Gasteiger partial charge in [0.15, 0.2) is 0 Å². The Labute approximate surface area is 159 Å². The number of aryl methyl sites for hydroxylation is 1. The number of carbonyl (C=O) groups is 2. The number of nitrogens with zero attached hydrogens (tertiary/aromatic N) is 1. The quantitative estimate of drug-likeness (QED) is 0.649. The van der Waals surface area contributed by atoms with Gasteiger partial charge < -0.3 is 0 Å². The molecule has 0 spiro atoms. The minimum absolute atomic E-state index is 0.345. The summed E-state index contributed by atoms with van der Waals surface area (Å²) in [5, 5.41) is 3.73. The molecule has 2 amide bonds. The van der Waals surface area contributed by atoms with Crippen LogP contribution in [-0.4, -0.2) is 16.1 Å². The monoisotopic (exact) mass is 378 g/mol. The molecule has 2 aromatic carbocycles. The van der Waals surface area contributed by atoms with Crippen molar-refractivity contribution >= 4 is 51.6 Å². The number of hydrogen-bond donors (Lipinski definition) is 1. The van der Waals surface area contributed by atoms with Crippen LogP contribution in [0.5, 0.6) is 0 Å². The molecule has 0 bridgehead atoms. The Morgan fingerprint density at radius 2 is 1.85 bits per heavy atom. The van der Waals surface area contributed by atoms with Gasteiger partial charge >= 0.3 is 0 Å². The molecule has 0 saturated carbocycles. The van der Waals surface area contributed by atoms with Crippen LogP contribution in [0.2, 0.25) is 0 Å². The molecule has 1 saturated heterocycles. The van der Waals surface area contributed by atoms with Gasteiger partial charge in [0.05, 0.1) is 10.4 Å². The third-order valence-electron chi connectivity index (χ3n) is 3.88. The van der Waals surface area contributed by atoms with Crippen molar-refractivity contribution in [3.05, 3.63) is 70.6 Å². The number of fused-ring (bicyclic) bond motifs is 1. The zero-order chi connectivity index (χ0) is 18.1. The Morgan fingerprint density at radius 1 is 1.08 bits per heavy atom. The second kappa shape index (κ2) is 6.97. The second-order valence-electron chi connectivity index (χ2n) is 5.84. The number of benzene rings is 2. The highest BCUT2D eigenvalue weighted by molar-refractivity contribution is 8.18. The summed E-state index contributed by atoms with van der Waals surface area (Å²) < 4.78 is 0. The van der Waals surface area contributed by atoms with E-state index in [1.54, 1.807) is 17.8 Å². The van der Waals surface area contributed by atoms with Gasteiger partial charge in [-0.2, -0.15) is 0 Å².